The van der Waals surface area contributed by atoms with Gasteiger partial charge in [0.1, 0.15) is 0 Å². The molecule has 1 aliphatic heterocycles. The van der Waals surface area contributed by atoms with Crippen molar-refractivity contribution in [3.05, 3.63) is 24.3 Å². The second-order valence-corrected chi connectivity index (χ2v) is 18.4. The summed E-state index contributed by atoms with van der Waals surface area (Å²) >= 11 is 0. The summed E-state index contributed by atoms with van der Waals surface area (Å²) in [5, 5.41) is 7.58. The van der Waals surface area contributed by atoms with Crippen LogP contribution in [-0.2, 0) is 0 Å². The van der Waals surface area contributed by atoms with Crippen LogP contribution in [0.5, 0.6) is 0 Å². The van der Waals surface area contributed by atoms with Crippen molar-refractivity contribution in [3.63, 3.8) is 0 Å². The number of rotatable bonds is 46. The summed E-state index contributed by atoms with van der Waals surface area (Å²) in [5.74, 6) is 1.69. The highest BCUT2D eigenvalue weighted by Crippen LogP contribution is 2.21. The molecule has 58 heavy (non-hydrogen) atoms. The van der Waals surface area contributed by atoms with E-state index in [0.29, 0.717) is 0 Å². The molecule has 0 aliphatic carbocycles. The van der Waals surface area contributed by atoms with Gasteiger partial charge in [0.25, 0.3) is 0 Å². The van der Waals surface area contributed by atoms with E-state index >= 15 is 0 Å². The van der Waals surface area contributed by atoms with Crippen molar-refractivity contribution in [2.24, 2.45) is 23.3 Å². The molecule has 0 saturated carbocycles. The highest BCUT2D eigenvalue weighted by molar-refractivity contribution is 4.82. The summed E-state index contributed by atoms with van der Waals surface area (Å²) in [4.78, 5) is 5.39. The Balaban J connectivity index is 2.01. The Morgan fingerprint density at radius 1 is 0.379 bits per heavy atom. The molecule has 1 fully saturated rings. The summed E-state index contributed by atoms with van der Waals surface area (Å²) in [6.45, 7) is 18.4. The van der Waals surface area contributed by atoms with Gasteiger partial charge in [0, 0.05) is 26.2 Å². The van der Waals surface area contributed by atoms with Crippen molar-refractivity contribution >= 4 is 0 Å². The van der Waals surface area contributed by atoms with Crippen molar-refractivity contribution in [1.29, 1.82) is 0 Å². The van der Waals surface area contributed by atoms with Crippen LogP contribution in [0.1, 0.15) is 219 Å². The van der Waals surface area contributed by atoms with Crippen LogP contribution in [0.15, 0.2) is 24.3 Å². The molecule has 0 aromatic carbocycles. The average Bonchev–Trinajstić information content (AvgIpc) is 3.24. The van der Waals surface area contributed by atoms with Crippen molar-refractivity contribution in [3.8, 4) is 0 Å². The summed E-state index contributed by atoms with van der Waals surface area (Å²) in [6.07, 6.45) is 52.9. The third-order valence-electron chi connectivity index (χ3n) is 13.0. The Bertz CT molecular complexity index is 772. The van der Waals surface area contributed by atoms with Gasteiger partial charge in [0.2, 0.25) is 0 Å². The van der Waals surface area contributed by atoms with Crippen LogP contribution in [0.4, 0.5) is 0 Å². The van der Waals surface area contributed by atoms with Crippen LogP contribution in [0.3, 0.4) is 0 Å². The van der Waals surface area contributed by atoms with Crippen LogP contribution in [0.25, 0.3) is 0 Å². The molecule has 2 unspecified atom stereocenters. The largest absolute Gasteiger partial charge is 0.330 e. The standard InChI is InChI=1S/C52H106N6/c1-3-5-7-9-11-13-15-17-19-21-23-25-27-33-51(35-29-39-53)37-43-55-41-31-45-57-47-49-58(50-48-57)46-32-42-56-44-38-52(36-30-40-54)34-28-26-24-22-20-18-16-14-12-10-8-6-4-2/h17-20,51-52,55-56H,3-16,21-50,53-54H2,1-2H3. The van der Waals surface area contributed by atoms with Gasteiger partial charge in [-0.05, 0) is 167 Å². The lowest BCUT2D eigenvalue weighted by Crippen LogP contribution is -2.47. The SMILES string of the molecule is CCCCCCCCC=CCCCCCC(CCCN)CCNCCCN1CCN(CCCNCCC(CCCN)CCCCCC=CCCCCCCCC)CC1. The Morgan fingerprint density at radius 3 is 1.07 bits per heavy atom. The first-order chi connectivity index (χ1) is 28.7. The normalized spacial score (nSPS) is 15.4. The molecular weight excluding hydrogens is 709 g/mol. The maximum Gasteiger partial charge on any atom is 0.0110 e. The molecule has 6 N–H and O–H groups in total. The molecule has 2 atom stereocenters. The molecule has 0 aromatic rings. The first-order valence-electron chi connectivity index (χ1n) is 26.3. The van der Waals surface area contributed by atoms with Crippen LogP contribution in [0, 0.1) is 11.8 Å². The van der Waals surface area contributed by atoms with E-state index in [-0.39, 0.29) is 0 Å². The zero-order chi connectivity index (χ0) is 41.7. The van der Waals surface area contributed by atoms with E-state index in [1.54, 1.807) is 0 Å². The number of hydrogen-bond acceptors (Lipinski definition) is 6. The minimum absolute atomic E-state index is 0.839. The van der Waals surface area contributed by atoms with E-state index in [1.807, 2.05) is 0 Å². The van der Waals surface area contributed by atoms with Gasteiger partial charge in [-0.1, -0.05) is 141 Å². The number of hydrogen-bond donors (Lipinski definition) is 4. The summed E-state index contributed by atoms with van der Waals surface area (Å²) < 4.78 is 0. The smallest absolute Gasteiger partial charge is 0.0110 e. The minimum atomic E-state index is 0.839. The number of nitrogens with zero attached hydrogens (tertiary/aromatic N) is 2. The fourth-order valence-corrected chi connectivity index (χ4v) is 8.93. The van der Waals surface area contributed by atoms with Crippen LogP contribution in [-0.4, -0.2) is 88.3 Å². The average molecular weight is 815 g/mol. The molecule has 0 amide bonds. The van der Waals surface area contributed by atoms with Gasteiger partial charge < -0.3 is 31.9 Å². The molecule has 1 heterocycles. The molecular formula is C52H106N6. The molecule has 1 aliphatic rings. The topological polar surface area (TPSA) is 82.6 Å². The van der Waals surface area contributed by atoms with E-state index < -0.39 is 0 Å². The fraction of sp³-hybridized carbons (Fsp3) is 0.923. The summed E-state index contributed by atoms with van der Waals surface area (Å²) in [7, 11) is 0. The Morgan fingerprint density at radius 2 is 0.707 bits per heavy atom. The van der Waals surface area contributed by atoms with Gasteiger partial charge in [0.15, 0.2) is 0 Å². The number of nitrogens with two attached hydrogens (primary N) is 2. The maximum absolute atomic E-state index is 5.89. The second-order valence-electron chi connectivity index (χ2n) is 18.4. The van der Waals surface area contributed by atoms with E-state index in [0.717, 1.165) is 38.0 Å². The minimum Gasteiger partial charge on any atom is -0.330 e. The predicted octanol–water partition coefficient (Wildman–Crippen LogP) is 12.6. The number of piperazine rings is 1. The van der Waals surface area contributed by atoms with Crippen molar-refractivity contribution < 1.29 is 0 Å². The molecule has 0 radical (unpaired) electrons. The maximum atomic E-state index is 5.89. The van der Waals surface area contributed by atoms with Crippen LogP contribution < -0.4 is 22.1 Å². The molecule has 6 heteroatoms. The third kappa shape index (κ3) is 38.2. The lowest BCUT2D eigenvalue weighted by atomic mass is 9.92. The number of unbranched alkanes of at least 4 members (excludes halogenated alkanes) is 18. The highest BCUT2D eigenvalue weighted by Gasteiger charge is 2.16. The van der Waals surface area contributed by atoms with Crippen molar-refractivity contribution in [1.82, 2.24) is 20.4 Å². The molecule has 6 nitrogen and oxygen atoms in total. The molecule has 344 valence electrons. The van der Waals surface area contributed by atoms with E-state index in [1.165, 1.54) is 258 Å². The molecule has 0 aromatic heterocycles. The van der Waals surface area contributed by atoms with Crippen LogP contribution in [0.2, 0.25) is 0 Å². The van der Waals surface area contributed by atoms with Gasteiger partial charge in [-0.25, -0.2) is 0 Å². The Labute approximate surface area is 364 Å². The van der Waals surface area contributed by atoms with Crippen molar-refractivity contribution in [2.75, 3.05) is 78.5 Å². The Kier molecular flexibility index (Phi) is 43.6. The van der Waals surface area contributed by atoms with Gasteiger partial charge in [-0.2, -0.15) is 0 Å². The molecule has 0 spiro atoms. The number of nitrogens with one attached hydrogen (secondary N) is 2. The molecule has 0 bridgehead atoms. The Hall–Kier alpha value is -0.760. The van der Waals surface area contributed by atoms with Gasteiger partial charge >= 0.3 is 0 Å². The van der Waals surface area contributed by atoms with Gasteiger partial charge in [-0.3, -0.25) is 0 Å². The fourth-order valence-electron chi connectivity index (χ4n) is 8.93. The lowest BCUT2D eigenvalue weighted by molar-refractivity contribution is 0.130. The third-order valence-corrected chi connectivity index (χ3v) is 13.0. The van der Waals surface area contributed by atoms with Crippen LogP contribution >= 0.6 is 0 Å². The van der Waals surface area contributed by atoms with Crippen molar-refractivity contribution in [2.45, 2.75) is 219 Å². The molecule has 1 saturated heterocycles. The zero-order valence-corrected chi connectivity index (χ0v) is 39.6. The van der Waals surface area contributed by atoms with Gasteiger partial charge in [-0.15, -0.1) is 0 Å². The lowest BCUT2D eigenvalue weighted by Gasteiger charge is -2.34. The number of allylic oxidation sites excluding steroid dienone is 4. The van der Waals surface area contributed by atoms with E-state index in [9.17, 15) is 0 Å². The summed E-state index contributed by atoms with van der Waals surface area (Å²) in [5.41, 5.74) is 11.8. The first kappa shape index (κ1) is 55.3. The summed E-state index contributed by atoms with van der Waals surface area (Å²) in [6, 6.07) is 0. The molecule has 1 rings (SSSR count). The quantitative estimate of drug-likeness (QED) is 0.0362. The van der Waals surface area contributed by atoms with E-state index in [2.05, 4.69) is 58.6 Å². The second kappa shape index (κ2) is 45.8. The first-order valence-corrected chi connectivity index (χ1v) is 26.3. The van der Waals surface area contributed by atoms with E-state index in [4.69, 9.17) is 11.5 Å². The monoisotopic (exact) mass is 815 g/mol. The van der Waals surface area contributed by atoms with Gasteiger partial charge in [0.05, 0.1) is 0 Å². The zero-order valence-electron chi connectivity index (χ0n) is 39.6. The highest BCUT2D eigenvalue weighted by atomic mass is 15.3. The predicted molar refractivity (Wildman–Crippen MR) is 261 cm³/mol.